The molecule has 93 valence electrons. The van der Waals surface area contributed by atoms with Crippen LogP contribution in [0.15, 0.2) is 0 Å². The first kappa shape index (κ1) is 19.0. The quantitative estimate of drug-likeness (QED) is 0.626. The van der Waals surface area contributed by atoms with E-state index in [9.17, 15) is 4.79 Å². The van der Waals surface area contributed by atoms with Gasteiger partial charge in [-0.1, -0.05) is 12.8 Å². The van der Waals surface area contributed by atoms with Gasteiger partial charge in [0.25, 0.3) is 0 Å². The van der Waals surface area contributed by atoms with Crippen molar-refractivity contribution >= 4 is 5.78 Å². The van der Waals surface area contributed by atoms with E-state index in [4.69, 9.17) is 10.5 Å². The Bertz CT molecular complexity index is 168. The number of likely N-dealkylation sites (N-methyl/N-ethyl adjacent to an activating group) is 1. The second kappa shape index (κ2) is 13.7. The smallest absolute Gasteiger partial charge is 0.149 e. The molecule has 0 aliphatic rings. The van der Waals surface area contributed by atoms with Gasteiger partial charge in [-0.15, -0.1) is 0 Å². The fourth-order valence-corrected chi connectivity index (χ4v) is 1.50. The van der Waals surface area contributed by atoms with Crippen molar-refractivity contribution in [1.29, 1.82) is 0 Å². The molecule has 4 nitrogen and oxygen atoms in total. The summed E-state index contributed by atoms with van der Waals surface area (Å²) < 4.78 is 4.91. The number of ketones is 1. The van der Waals surface area contributed by atoms with Crippen molar-refractivity contribution in [2.75, 3.05) is 27.3 Å². The van der Waals surface area contributed by atoms with Crippen LogP contribution in [-0.2, 0) is 42.2 Å². The van der Waals surface area contributed by atoms with Crippen LogP contribution in [0.3, 0.4) is 0 Å². The predicted molar refractivity (Wildman–Crippen MR) is 62.0 cm³/mol. The molecular weight excluding hydrogens is 281 g/mol. The van der Waals surface area contributed by atoms with Crippen molar-refractivity contribution < 1.29 is 42.2 Å². The van der Waals surface area contributed by atoms with Crippen molar-refractivity contribution in [3.05, 3.63) is 5.73 Å². The number of hydrogen-bond donors (Lipinski definition) is 1. The number of rotatable bonds is 10. The molecule has 1 unspecified atom stereocenters. The topological polar surface area (TPSA) is 62.1 Å². The number of carbonyl (C=O) groups is 1. The zero-order valence-corrected chi connectivity index (χ0v) is 13.3. The monoisotopic (exact) mass is 304 g/mol. The van der Waals surface area contributed by atoms with Crippen molar-refractivity contribution in [3.63, 3.8) is 0 Å². The number of methoxy groups -OCH3 is 1. The summed E-state index contributed by atoms with van der Waals surface area (Å²) in [6.07, 6.45) is 4.06. The summed E-state index contributed by atoms with van der Waals surface area (Å²) in [5.74, 6) is 0.263. The molecule has 0 fully saturated rings. The number of Topliss-reactive ketones (excluding diaryl/α,β-unsaturated/α-hetero) is 1. The summed E-state index contributed by atoms with van der Waals surface area (Å²) in [5.41, 5.74) is 7.03. The molecule has 0 saturated heterocycles. The molecule has 0 aromatic heterocycles. The summed E-state index contributed by atoms with van der Waals surface area (Å²) in [4.78, 5) is 11.7. The van der Waals surface area contributed by atoms with Gasteiger partial charge in [-0.05, 0) is 19.9 Å². The Morgan fingerprint density at radius 2 is 2.06 bits per heavy atom. The van der Waals surface area contributed by atoms with Crippen LogP contribution in [0.5, 0.6) is 0 Å². The molecule has 1 radical (unpaired) electrons. The van der Waals surface area contributed by atoms with Crippen LogP contribution >= 0.6 is 0 Å². The molecular formula is C11H23N2O2Y-. The number of carbonyl (C=O) groups excluding carboxylic acids is 1. The fraction of sp³-hybridized carbons (Fsp3) is 0.909. The minimum absolute atomic E-state index is 0. The molecule has 1 atom stereocenters. The Kier molecular flexibility index (Phi) is 16.3. The van der Waals surface area contributed by atoms with E-state index in [1.54, 1.807) is 7.11 Å². The van der Waals surface area contributed by atoms with Crippen LogP contribution in [-0.4, -0.2) is 39.1 Å². The van der Waals surface area contributed by atoms with Crippen LogP contribution in [0.1, 0.15) is 32.1 Å². The van der Waals surface area contributed by atoms with Crippen molar-refractivity contribution in [3.8, 4) is 0 Å². The SMILES string of the molecule is CNC(CCCC[NH-])C(=O)CCCOC.[Y]. The van der Waals surface area contributed by atoms with Gasteiger partial charge in [0, 0.05) is 52.8 Å². The molecule has 0 aromatic carbocycles. The van der Waals surface area contributed by atoms with E-state index in [0.717, 1.165) is 25.7 Å². The van der Waals surface area contributed by atoms with E-state index >= 15 is 0 Å². The molecule has 0 aromatic rings. The van der Waals surface area contributed by atoms with Crippen molar-refractivity contribution in [2.45, 2.75) is 38.1 Å². The molecule has 0 amide bonds. The fourth-order valence-electron chi connectivity index (χ4n) is 1.50. The van der Waals surface area contributed by atoms with Gasteiger partial charge < -0.3 is 15.8 Å². The van der Waals surface area contributed by atoms with Gasteiger partial charge >= 0.3 is 0 Å². The normalized spacial score (nSPS) is 11.9. The van der Waals surface area contributed by atoms with Crippen LogP contribution in [0.25, 0.3) is 5.73 Å². The third-order valence-corrected chi connectivity index (χ3v) is 2.43. The second-order valence-corrected chi connectivity index (χ2v) is 3.65. The zero-order valence-electron chi connectivity index (χ0n) is 10.4. The number of unbranched alkanes of at least 4 members (excludes halogenated alkanes) is 1. The van der Waals surface area contributed by atoms with Crippen LogP contribution < -0.4 is 5.32 Å². The van der Waals surface area contributed by atoms with Crippen LogP contribution in [0.4, 0.5) is 0 Å². The molecule has 16 heavy (non-hydrogen) atoms. The predicted octanol–water partition coefficient (Wildman–Crippen LogP) is 1.79. The van der Waals surface area contributed by atoms with Gasteiger partial charge in [0.15, 0.2) is 0 Å². The number of nitrogens with one attached hydrogen (secondary N) is 2. The van der Waals surface area contributed by atoms with Gasteiger partial charge in [-0.3, -0.25) is 4.79 Å². The second-order valence-electron chi connectivity index (χ2n) is 3.65. The van der Waals surface area contributed by atoms with Gasteiger partial charge in [-0.25, -0.2) is 0 Å². The molecule has 0 saturated carbocycles. The maximum absolute atomic E-state index is 11.7. The van der Waals surface area contributed by atoms with Crippen LogP contribution in [0.2, 0.25) is 0 Å². The average Bonchev–Trinajstić information content (AvgIpc) is 2.24. The van der Waals surface area contributed by atoms with E-state index < -0.39 is 0 Å². The third-order valence-electron chi connectivity index (χ3n) is 2.43. The molecule has 0 spiro atoms. The van der Waals surface area contributed by atoms with E-state index in [2.05, 4.69) is 5.32 Å². The minimum Gasteiger partial charge on any atom is -0.677 e. The number of hydrogen-bond acceptors (Lipinski definition) is 3. The summed E-state index contributed by atoms with van der Waals surface area (Å²) >= 11 is 0. The van der Waals surface area contributed by atoms with E-state index in [1.165, 1.54) is 0 Å². The van der Waals surface area contributed by atoms with Crippen molar-refractivity contribution in [1.82, 2.24) is 5.32 Å². The van der Waals surface area contributed by atoms with E-state index in [1.807, 2.05) is 7.05 Å². The summed E-state index contributed by atoms with van der Waals surface area (Å²) in [5, 5.41) is 3.04. The Morgan fingerprint density at radius 1 is 1.38 bits per heavy atom. The average molecular weight is 304 g/mol. The first-order chi connectivity index (χ1) is 7.26. The number of ether oxygens (including phenoxy) is 1. The van der Waals surface area contributed by atoms with Crippen molar-refractivity contribution in [2.24, 2.45) is 0 Å². The molecule has 0 rings (SSSR count). The van der Waals surface area contributed by atoms with E-state index in [0.29, 0.717) is 19.6 Å². The van der Waals surface area contributed by atoms with Crippen LogP contribution in [0, 0.1) is 0 Å². The van der Waals surface area contributed by atoms with Gasteiger partial charge in [0.1, 0.15) is 5.78 Å². The van der Waals surface area contributed by atoms with Gasteiger partial charge in [0.2, 0.25) is 0 Å². The third kappa shape index (κ3) is 9.85. The van der Waals surface area contributed by atoms with E-state index in [-0.39, 0.29) is 44.5 Å². The molecule has 2 N–H and O–H groups in total. The first-order valence-corrected chi connectivity index (χ1v) is 5.59. The summed E-state index contributed by atoms with van der Waals surface area (Å²) in [7, 11) is 3.47. The van der Waals surface area contributed by atoms with Gasteiger partial charge in [-0.2, -0.15) is 6.54 Å². The first-order valence-electron chi connectivity index (χ1n) is 5.59. The zero-order chi connectivity index (χ0) is 11.5. The summed E-state index contributed by atoms with van der Waals surface area (Å²) in [6, 6.07) is -0.0339. The maximum atomic E-state index is 11.7. The molecule has 0 heterocycles. The Labute approximate surface area is 124 Å². The minimum atomic E-state index is -0.0339. The Balaban J connectivity index is 0. The molecule has 0 aliphatic heterocycles. The Morgan fingerprint density at radius 3 is 2.56 bits per heavy atom. The van der Waals surface area contributed by atoms with Gasteiger partial charge in [0.05, 0.1) is 6.04 Å². The largest absolute Gasteiger partial charge is 0.677 e. The molecule has 0 bridgehead atoms. The standard InChI is InChI=1S/C11H23N2O2.Y/c1-13-10(6-3-4-8-12)11(14)7-5-9-15-2;/h10,12-13H,3-9H2,1-2H3;/q-1;. The maximum Gasteiger partial charge on any atom is 0.149 e. The summed E-state index contributed by atoms with van der Waals surface area (Å²) in [6.45, 7) is 1.10. The molecule has 5 heteroatoms. The Hall–Kier alpha value is 0.654. The molecule has 0 aliphatic carbocycles.